The van der Waals surface area contributed by atoms with Gasteiger partial charge in [-0.25, -0.2) is 0 Å². The van der Waals surface area contributed by atoms with Gasteiger partial charge < -0.3 is 14.8 Å². The van der Waals surface area contributed by atoms with E-state index in [0.717, 1.165) is 32.8 Å². The SMILES string of the molecule is COCCOCCN1CCN[C@H](C)C1. The number of nitrogens with zero attached hydrogens (tertiary/aromatic N) is 1. The van der Waals surface area contributed by atoms with Crippen LogP contribution < -0.4 is 5.32 Å². The molecule has 1 N–H and O–H groups in total. The van der Waals surface area contributed by atoms with Crippen molar-refractivity contribution in [2.75, 3.05) is 53.1 Å². The van der Waals surface area contributed by atoms with Gasteiger partial charge in [-0.05, 0) is 6.92 Å². The summed E-state index contributed by atoms with van der Waals surface area (Å²) < 4.78 is 10.3. The van der Waals surface area contributed by atoms with Gasteiger partial charge in [0.2, 0.25) is 0 Å². The monoisotopic (exact) mass is 202 g/mol. The molecule has 0 radical (unpaired) electrons. The van der Waals surface area contributed by atoms with Gasteiger partial charge in [-0.2, -0.15) is 0 Å². The summed E-state index contributed by atoms with van der Waals surface area (Å²) in [5.74, 6) is 0. The summed E-state index contributed by atoms with van der Waals surface area (Å²) in [7, 11) is 1.70. The third-order valence-corrected chi connectivity index (χ3v) is 2.44. The second-order valence-electron chi connectivity index (χ2n) is 3.76. The van der Waals surface area contributed by atoms with E-state index in [1.54, 1.807) is 7.11 Å². The normalized spacial score (nSPS) is 24.0. The van der Waals surface area contributed by atoms with Crippen LogP contribution >= 0.6 is 0 Å². The minimum absolute atomic E-state index is 0.614. The van der Waals surface area contributed by atoms with Gasteiger partial charge in [0.15, 0.2) is 0 Å². The van der Waals surface area contributed by atoms with Crippen LogP contribution in [-0.4, -0.2) is 64.1 Å². The molecular weight excluding hydrogens is 180 g/mol. The van der Waals surface area contributed by atoms with Gasteiger partial charge in [-0.1, -0.05) is 0 Å². The summed E-state index contributed by atoms with van der Waals surface area (Å²) in [4.78, 5) is 2.44. The number of nitrogens with one attached hydrogen (secondary N) is 1. The maximum Gasteiger partial charge on any atom is 0.0700 e. The molecule has 1 fully saturated rings. The molecule has 14 heavy (non-hydrogen) atoms. The van der Waals surface area contributed by atoms with E-state index in [4.69, 9.17) is 9.47 Å². The van der Waals surface area contributed by atoms with Gasteiger partial charge in [-0.15, -0.1) is 0 Å². The topological polar surface area (TPSA) is 33.7 Å². The molecule has 1 heterocycles. The fourth-order valence-electron chi connectivity index (χ4n) is 1.65. The van der Waals surface area contributed by atoms with Crippen LogP contribution in [0.1, 0.15) is 6.92 Å². The maximum atomic E-state index is 5.42. The van der Waals surface area contributed by atoms with Gasteiger partial charge in [0, 0.05) is 39.3 Å². The molecule has 4 heteroatoms. The first kappa shape index (κ1) is 11.9. The van der Waals surface area contributed by atoms with Crippen molar-refractivity contribution in [2.45, 2.75) is 13.0 Å². The Balaban J connectivity index is 1.95. The van der Waals surface area contributed by atoms with E-state index in [1.807, 2.05) is 0 Å². The molecule has 1 atom stereocenters. The fourth-order valence-corrected chi connectivity index (χ4v) is 1.65. The van der Waals surface area contributed by atoms with Crippen molar-refractivity contribution in [1.29, 1.82) is 0 Å². The van der Waals surface area contributed by atoms with Gasteiger partial charge >= 0.3 is 0 Å². The van der Waals surface area contributed by atoms with Gasteiger partial charge in [-0.3, -0.25) is 4.90 Å². The molecule has 0 amide bonds. The van der Waals surface area contributed by atoms with Crippen molar-refractivity contribution in [3.8, 4) is 0 Å². The Morgan fingerprint density at radius 2 is 2.21 bits per heavy atom. The predicted octanol–water partition coefficient (Wildman–Crippen LogP) is -0.0569. The van der Waals surface area contributed by atoms with Crippen LogP contribution in [0.15, 0.2) is 0 Å². The lowest BCUT2D eigenvalue weighted by Crippen LogP contribution is -2.49. The average Bonchev–Trinajstić information content (AvgIpc) is 2.18. The van der Waals surface area contributed by atoms with E-state index in [-0.39, 0.29) is 0 Å². The zero-order valence-corrected chi connectivity index (χ0v) is 9.29. The second-order valence-corrected chi connectivity index (χ2v) is 3.76. The molecule has 0 aromatic carbocycles. The molecular formula is C10H22N2O2. The Kier molecular flexibility index (Phi) is 6.10. The van der Waals surface area contributed by atoms with Crippen LogP contribution in [0.5, 0.6) is 0 Å². The van der Waals surface area contributed by atoms with Gasteiger partial charge in [0.25, 0.3) is 0 Å². The highest BCUT2D eigenvalue weighted by molar-refractivity contribution is 4.74. The summed E-state index contributed by atoms with van der Waals surface area (Å²) in [6.45, 7) is 8.84. The number of hydrogen-bond acceptors (Lipinski definition) is 4. The number of ether oxygens (including phenoxy) is 2. The molecule has 0 aliphatic carbocycles. The smallest absolute Gasteiger partial charge is 0.0700 e. The van der Waals surface area contributed by atoms with Gasteiger partial charge in [0.05, 0.1) is 19.8 Å². The number of methoxy groups -OCH3 is 1. The van der Waals surface area contributed by atoms with Gasteiger partial charge in [0.1, 0.15) is 0 Å². The first-order chi connectivity index (χ1) is 6.83. The predicted molar refractivity (Wildman–Crippen MR) is 56.6 cm³/mol. The summed E-state index contributed by atoms with van der Waals surface area (Å²) in [6, 6.07) is 0.614. The van der Waals surface area contributed by atoms with Crippen molar-refractivity contribution in [2.24, 2.45) is 0 Å². The van der Waals surface area contributed by atoms with Crippen LogP contribution in [0.4, 0.5) is 0 Å². The molecule has 4 nitrogen and oxygen atoms in total. The minimum atomic E-state index is 0.614. The van der Waals surface area contributed by atoms with Crippen LogP contribution in [0.3, 0.4) is 0 Å². The quantitative estimate of drug-likeness (QED) is 0.612. The summed E-state index contributed by atoms with van der Waals surface area (Å²) in [5.41, 5.74) is 0. The first-order valence-corrected chi connectivity index (χ1v) is 5.35. The lowest BCUT2D eigenvalue weighted by Gasteiger charge is -2.31. The van der Waals surface area contributed by atoms with E-state index in [9.17, 15) is 0 Å². The van der Waals surface area contributed by atoms with E-state index >= 15 is 0 Å². The molecule has 1 saturated heterocycles. The zero-order valence-electron chi connectivity index (χ0n) is 9.29. The maximum absolute atomic E-state index is 5.42. The van der Waals surface area contributed by atoms with Crippen LogP contribution in [0.2, 0.25) is 0 Å². The second kappa shape index (κ2) is 7.17. The van der Waals surface area contributed by atoms with Crippen molar-refractivity contribution in [3.05, 3.63) is 0 Å². The molecule has 0 saturated carbocycles. The van der Waals surface area contributed by atoms with Crippen molar-refractivity contribution in [1.82, 2.24) is 10.2 Å². The number of rotatable bonds is 6. The molecule has 0 spiro atoms. The van der Waals surface area contributed by atoms with Crippen molar-refractivity contribution >= 4 is 0 Å². The summed E-state index contributed by atoms with van der Waals surface area (Å²) in [5, 5.41) is 3.42. The standard InChI is InChI=1S/C10H22N2O2/c1-10-9-12(4-3-11-10)5-6-14-8-7-13-2/h10-11H,3-9H2,1-2H3/t10-/m1/s1. The minimum Gasteiger partial charge on any atom is -0.382 e. The Morgan fingerprint density at radius 1 is 1.36 bits per heavy atom. The fraction of sp³-hybridized carbons (Fsp3) is 1.00. The number of hydrogen-bond donors (Lipinski definition) is 1. The lowest BCUT2D eigenvalue weighted by atomic mass is 10.2. The van der Waals surface area contributed by atoms with Crippen LogP contribution in [0.25, 0.3) is 0 Å². The third-order valence-electron chi connectivity index (χ3n) is 2.44. The Bertz CT molecular complexity index is 144. The molecule has 84 valence electrons. The molecule has 0 aromatic heterocycles. The molecule has 0 aromatic rings. The Labute approximate surface area is 86.6 Å². The Morgan fingerprint density at radius 3 is 2.93 bits per heavy atom. The summed E-state index contributed by atoms with van der Waals surface area (Å²) >= 11 is 0. The van der Waals surface area contributed by atoms with Crippen molar-refractivity contribution < 1.29 is 9.47 Å². The molecule has 0 unspecified atom stereocenters. The van der Waals surface area contributed by atoms with E-state index < -0.39 is 0 Å². The molecule has 1 aliphatic rings. The number of piperazine rings is 1. The largest absolute Gasteiger partial charge is 0.382 e. The zero-order chi connectivity index (χ0) is 10.2. The van der Waals surface area contributed by atoms with Crippen LogP contribution in [0, 0.1) is 0 Å². The lowest BCUT2D eigenvalue weighted by molar-refractivity contribution is 0.0529. The molecule has 1 aliphatic heterocycles. The summed E-state index contributed by atoms with van der Waals surface area (Å²) in [6.07, 6.45) is 0. The molecule has 0 bridgehead atoms. The van der Waals surface area contributed by atoms with E-state index in [2.05, 4.69) is 17.1 Å². The average molecular weight is 202 g/mol. The van der Waals surface area contributed by atoms with Crippen LogP contribution in [-0.2, 0) is 9.47 Å². The Hall–Kier alpha value is -0.160. The highest BCUT2D eigenvalue weighted by Gasteiger charge is 2.14. The van der Waals surface area contributed by atoms with Crippen molar-refractivity contribution in [3.63, 3.8) is 0 Å². The molecule has 1 rings (SSSR count). The third kappa shape index (κ3) is 4.91. The highest BCUT2D eigenvalue weighted by Crippen LogP contribution is 1.97. The van der Waals surface area contributed by atoms with E-state index in [1.165, 1.54) is 0 Å². The first-order valence-electron chi connectivity index (χ1n) is 5.35. The highest BCUT2D eigenvalue weighted by atomic mass is 16.5. The van der Waals surface area contributed by atoms with E-state index in [0.29, 0.717) is 19.3 Å².